The molecule has 0 spiro atoms. The van der Waals surface area contributed by atoms with Gasteiger partial charge in [0.2, 0.25) is 0 Å². The van der Waals surface area contributed by atoms with Crippen molar-refractivity contribution in [3.8, 4) is 0 Å². The van der Waals surface area contributed by atoms with Crippen molar-refractivity contribution in [2.24, 2.45) is 7.05 Å². The first-order valence-electron chi connectivity index (χ1n) is 8.12. The van der Waals surface area contributed by atoms with Crippen molar-refractivity contribution in [2.75, 3.05) is 6.54 Å². The van der Waals surface area contributed by atoms with Crippen molar-refractivity contribution in [3.05, 3.63) is 71.9 Å². The van der Waals surface area contributed by atoms with Gasteiger partial charge in [-0.2, -0.15) is 0 Å². The van der Waals surface area contributed by atoms with E-state index in [1.165, 1.54) is 5.56 Å². The highest BCUT2D eigenvalue weighted by Crippen LogP contribution is 2.18. The van der Waals surface area contributed by atoms with Crippen LogP contribution >= 0.6 is 0 Å². The van der Waals surface area contributed by atoms with Gasteiger partial charge in [0.1, 0.15) is 5.69 Å². The van der Waals surface area contributed by atoms with E-state index < -0.39 is 0 Å². The van der Waals surface area contributed by atoms with E-state index >= 15 is 0 Å². The SMILES string of the molecule is Cn1c(C(=O)NCCCCc2ccccc2)cc2ccccc21. The van der Waals surface area contributed by atoms with Gasteiger partial charge in [0.15, 0.2) is 0 Å². The first-order valence-corrected chi connectivity index (χ1v) is 8.12. The molecule has 0 bridgehead atoms. The van der Waals surface area contributed by atoms with Gasteiger partial charge in [-0.3, -0.25) is 4.79 Å². The fourth-order valence-corrected chi connectivity index (χ4v) is 2.90. The Kier molecular flexibility index (Phi) is 4.77. The molecule has 118 valence electrons. The van der Waals surface area contributed by atoms with Crippen LogP contribution in [-0.4, -0.2) is 17.0 Å². The van der Waals surface area contributed by atoms with E-state index in [4.69, 9.17) is 0 Å². The molecule has 0 atom stereocenters. The number of unbranched alkanes of at least 4 members (excludes halogenated alkanes) is 1. The van der Waals surface area contributed by atoms with Crippen molar-refractivity contribution < 1.29 is 4.79 Å². The molecule has 0 saturated carbocycles. The van der Waals surface area contributed by atoms with Crippen LogP contribution in [0.5, 0.6) is 0 Å². The molecule has 1 aromatic heterocycles. The Morgan fingerprint density at radius 1 is 1.00 bits per heavy atom. The summed E-state index contributed by atoms with van der Waals surface area (Å²) in [4.78, 5) is 12.3. The van der Waals surface area contributed by atoms with Crippen LogP contribution in [0.1, 0.15) is 28.9 Å². The van der Waals surface area contributed by atoms with Gasteiger partial charge in [-0.1, -0.05) is 48.5 Å². The summed E-state index contributed by atoms with van der Waals surface area (Å²) in [5.41, 5.74) is 3.16. The minimum absolute atomic E-state index is 0.00316. The molecule has 2 aromatic carbocycles. The summed E-state index contributed by atoms with van der Waals surface area (Å²) in [5, 5.41) is 4.13. The van der Waals surface area contributed by atoms with Crippen LogP contribution in [0.3, 0.4) is 0 Å². The zero-order valence-corrected chi connectivity index (χ0v) is 13.5. The second-order valence-corrected chi connectivity index (χ2v) is 5.85. The lowest BCUT2D eigenvalue weighted by Gasteiger charge is -2.07. The lowest BCUT2D eigenvalue weighted by molar-refractivity contribution is 0.0945. The highest BCUT2D eigenvalue weighted by atomic mass is 16.1. The number of hydrogen-bond donors (Lipinski definition) is 1. The molecular formula is C20H22N2O. The van der Waals surface area contributed by atoms with Crippen LogP contribution in [0.25, 0.3) is 10.9 Å². The van der Waals surface area contributed by atoms with Gasteiger partial charge >= 0.3 is 0 Å². The largest absolute Gasteiger partial charge is 0.351 e. The number of amides is 1. The zero-order chi connectivity index (χ0) is 16.1. The lowest BCUT2D eigenvalue weighted by atomic mass is 10.1. The topological polar surface area (TPSA) is 34.0 Å². The van der Waals surface area contributed by atoms with Crippen LogP contribution in [0, 0.1) is 0 Å². The third-order valence-corrected chi connectivity index (χ3v) is 4.20. The number of fused-ring (bicyclic) bond motifs is 1. The lowest BCUT2D eigenvalue weighted by Crippen LogP contribution is -2.26. The maximum Gasteiger partial charge on any atom is 0.267 e. The van der Waals surface area contributed by atoms with E-state index in [0.717, 1.165) is 30.2 Å². The molecular weight excluding hydrogens is 284 g/mol. The van der Waals surface area contributed by atoms with Gasteiger partial charge in [-0.05, 0) is 37.0 Å². The summed E-state index contributed by atoms with van der Waals surface area (Å²) in [6.45, 7) is 0.715. The Hall–Kier alpha value is -2.55. The molecule has 0 aliphatic carbocycles. The number of rotatable bonds is 6. The van der Waals surface area contributed by atoms with Gasteiger partial charge in [0.25, 0.3) is 5.91 Å². The number of carbonyl (C=O) groups is 1. The van der Waals surface area contributed by atoms with Crippen molar-refractivity contribution in [2.45, 2.75) is 19.3 Å². The van der Waals surface area contributed by atoms with E-state index in [9.17, 15) is 4.79 Å². The number of aryl methyl sites for hydroxylation is 2. The van der Waals surface area contributed by atoms with Crippen LogP contribution < -0.4 is 5.32 Å². The molecule has 1 N–H and O–H groups in total. The highest BCUT2D eigenvalue weighted by Gasteiger charge is 2.12. The van der Waals surface area contributed by atoms with E-state index in [-0.39, 0.29) is 5.91 Å². The molecule has 3 rings (SSSR count). The Morgan fingerprint density at radius 2 is 1.74 bits per heavy atom. The summed E-state index contributed by atoms with van der Waals surface area (Å²) in [6, 6.07) is 20.5. The Balaban J connectivity index is 1.50. The summed E-state index contributed by atoms with van der Waals surface area (Å²) >= 11 is 0. The molecule has 0 aliphatic heterocycles. The standard InChI is InChI=1S/C20H22N2O/c1-22-18-13-6-5-12-17(18)15-19(22)20(23)21-14-8-7-11-16-9-3-2-4-10-16/h2-6,9-10,12-13,15H,7-8,11,14H2,1H3,(H,21,23). The van der Waals surface area contributed by atoms with Gasteiger partial charge < -0.3 is 9.88 Å². The summed E-state index contributed by atoms with van der Waals surface area (Å²) in [6.07, 6.45) is 3.13. The maximum absolute atomic E-state index is 12.3. The second-order valence-electron chi connectivity index (χ2n) is 5.85. The van der Waals surface area contributed by atoms with E-state index in [2.05, 4.69) is 29.6 Å². The molecule has 1 heterocycles. The number of nitrogens with zero attached hydrogens (tertiary/aromatic N) is 1. The zero-order valence-electron chi connectivity index (χ0n) is 13.5. The number of aromatic nitrogens is 1. The maximum atomic E-state index is 12.3. The Labute approximate surface area is 136 Å². The predicted molar refractivity (Wildman–Crippen MR) is 94.6 cm³/mol. The molecule has 3 aromatic rings. The minimum atomic E-state index is 0.00316. The number of hydrogen-bond acceptors (Lipinski definition) is 1. The summed E-state index contributed by atoms with van der Waals surface area (Å²) in [7, 11) is 1.94. The molecule has 0 saturated heterocycles. The van der Waals surface area contributed by atoms with Crippen LogP contribution in [0.4, 0.5) is 0 Å². The van der Waals surface area contributed by atoms with E-state index in [0.29, 0.717) is 12.2 Å². The average molecular weight is 306 g/mol. The highest BCUT2D eigenvalue weighted by molar-refractivity contribution is 5.98. The number of para-hydroxylation sites is 1. The van der Waals surface area contributed by atoms with Gasteiger partial charge in [-0.15, -0.1) is 0 Å². The molecule has 0 aliphatic rings. The van der Waals surface area contributed by atoms with Crippen molar-refractivity contribution in [3.63, 3.8) is 0 Å². The molecule has 0 unspecified atom stereocenters. The third kappa shape index (κ3) is 3.62. The number of benzene rings is 2. The van der Waals surface area contributed by atoms with Gasteiger partial charge in [-0.25, -0.2) is 0 Å². The molecule has 3 nitrogen and oxygen atoms in total. The summed E-state index contributed by atoms with van der Waals surface area (Å²) in [5.74, 6) is 0.00316. The van der Waals surface area contributed by atoms with Crippen molar-refractivity contribution >= 4 is 16.8 Å². The molecule has 3 heteroatoms. The Morgan fingerprint density at radius 3 is 2.52 bits per heavy atom. The molecule has 0 fully saturated rings. The first kappa shape index (κ1) is 15.3. The van der Waals surface area contributed by atoms with Crippen LogP contribution in [-0.2, 0) is 13.5 Å². The molecule has 0 radical (unpaired) electrons. The normalized spacial score (nSPS) is 10.8. The van der Waals surface area contributed by atoms with E-state index in [1.807, 2.05) is 48.0 Å². The van der Waals surface area contributed by atoms with Gasteiger partial charge in [0, 0.05) is 24.5 Å². The fourth-order valence-electron chi connectivity index (χ4n) is 2.90. The minimum Gasteiger partial charge on any atom is -0.351 e. The second kappa shape index (κ2) is 7.14. The van der Waals surface area contributed by atoms with Crippen molar-refractivity contribution in [1.82, 2.24) is 9.88 Å². The number of carbonyl (C=O) groups excluding carboxylic acids is 1. The smallest absolute Gasteiger partial charge is 0.267 e. The monoisotopic (exact) mass is 306 g/mol. The first-order chi connectivity index (χ1) is 11.3. The molecule has 1 amide bonds. The van der Waals surface area contributed by atoms with Gasteiger partial charge in [0.05, 0.1) is 0 Å². The van der Waals surface area contributed by atoms with E-state index in [1.54, 1.807) is 0 Å². The van der Waals surface area contributed by atoms with Crippen LogP contribution in [0.2, 0.25) is 0 Å². The quantitative estimate of drug-likeness (QED) is 0.688. The third-order valence-electron chi connectivity index (χ3n) is 4.20. The fraction of sp³-hybridized carbons (Fsp3) is 0.250. The Bertz CT molecular complexity index is 790. The van der Waals surface area contributed by atoms with Crippen LogP contribution in [0.15, 0.2) is 60.7 Å². The van der Waals surface area contributed by atoms with Crippen molar-refractivity contribution in [1.29, 1.82) is 0 Å². The number of nitrogens with one attached hydrogen (secondary N) is 1. The average Bonchev–Trinajstić information content (AvgIpc) is 2.93. The predicted octanol–water partition coefficient (Wildman–Crippen LogP) is 3.93. The molecule has 23 heavy (non-hydrogen) atoms. The summed E-state index contributed by atoms with van der Waals surface area (Å²) < 4.78 is 1.95.